The third-order valence-electron chi connectivity index (χ3n) is 5.55. The molecule has 1 aromatic rings. The van der Waals surface area contributed by atoms with E-state index in [1.165, 1.54) is 4.90 Å². The summed E-state index contributed by atoms with van der Waals surface area (Å²) in [6.07, 6.45) is 1.92. The van der Waals surface area contributed by atoms with E-state index in [9.17, 15) is 14.4 Å². The molecule has 146 valence electrons. The number of rotatable bonds is 4. The second-order valence-corrected chi connectivity index (χ2v) is 8.32. The summed E-state index contributed by atoms with van der Waals surface area (Å²) in [5.41, 5.74) is 0.939. The molecule has 9 heteroatoms. The highest BCUT2D eigenvalue weighted by atomic mass is 127. The van der Waals surface area contributed by atoms with Gasteiger partial charge < -0.3 is 14.5 Å². The van der Waals surface area contributed by atoms with Gasteiger partial charge >= 0.3 is 12.1 Å². The molecule has 0 aliphatic carbocycles. The smallest absolute Gasteiger partial charge is 0.410 e. The molecule has 4 amide bonds. The van der Waals surface area contributed by atoms with Crippen molar-refractivity contribution in [1.82, 2.24) is 9.80 Å². The van der Waals surface area contributed by atoms with Crippen LogP contribution >= 0.6 is 22.6 Å². The lowest BCUT2D eigenvalue weighted by molar-refractivity contribution is -0.121. The zero-order valence-electron chi connectivity index (χ0n) is 15.3. The predicted octanol–water partition coefficient (Wildman–Crippen LogP) is 2.69. The van der Waals surface area contributed by atoms with Gasteiger partial charge in [0, 0.05) is 10.1 Å². The third-order valence-corrected chi connectivity index (χ3v) is 6.45. The summed E-state index contributed by atoms with van der Waals surface area (Å²) >= 11 is 2.01. The Kier molecular flexibility index (Phi) is 4.91. The highest BCUT2D eigenvalue weighted by Gasteiger charge is 2.63. The Morgan fingerprint density at radius 3 is 2.86 bits per heavy atom. The van der Waals surface area contributed by atoms with Crippen molar-refractivity contribution in [2.24, 2.45) is 0 Å². The molecule has 1 aromatic carbocycles. The van der Waals surface area contributed by atoms with Crippen LogP contribution in [0.1, 0.15) is 31.7 Å². The number of hydrogen-bond acceptors (Lipinski definition) is 5. The first-order valence-corrected chi connectivity index (χ1v) is 10.3. The Balaban J connectivity index is 1.56. The van der Waals surface area contributed by atoms with Gasteiger partial charge in [-0.2, -0.15) is 5.26 Å². The number of piperazine rings is 1. The van der Waals surface area contributed by atoms with Crippen LogP contribution in [0.5, 0.6) is 0 Å². The number of nitrogens with zero attached hydrogens (tertiary/aromatic N) is 4. The molecule has 28 heavy (non-hydrogen) atoms. The summed E-state index contributed by atoms with van der Waals surface area (Å²) in [6, 6.07) is 5.40. The minimum atomic E-state index is -0.668. The number of likely N-dealkylation sites (tertiary alicyclic amines) is 1. The molecule has 0 N–H and O–H groups in total. The van der Waals surface area contributed by atoms with Crippen molar-refractivity contribution in [2.75, 3.05) is 18.1 Å². The van der Waals surface area contributed by atoms with Crippen molar-refractivity contribution in [3.8, 4) is 6.07 Å². The van der Waals surface area contributed by atoms with Crippen molar-refractivity contribution >= 4 is 46.3 Å². The number of benzene rings is 1. The number of imide groups is 1. The lowest BCUT2D eigenvalue weighted by Gasteiger charge is -2.34. The van der Waals surface area contributed by atoms with Crippen LogP contribution in [0.3, 0.4) is 0 Å². The van der Waals surface area contributed by atoms with Gasteiger partial charge in [0.1, 0.15) is 12.1 Å². The molecule has 8 nitrogen and oxygen atoms in total. The first-order valence-electron chi connectivity index (χ1n) is 9.27. The van der Waals surface area contributed by atoms with Crippen LogP contribution in [0, 0.1) is 14.9 Å². The molecule has 3 atom stereocenters. The van der Waals surface area contributed by atoms with Gasteiger partial charge in [0.2, 0.25) is 0 Å². The van der Waals surface area contributed by atoms with Gasteiger partial charge in [-0.15, -0.1) is 0 Å². The van der Waals surface area contributed by atoms with Gasteiger partial charge in [-0.05, 0) is 53.6 Å². The number of hydrogen-bond donors (Lipinski definition) is 0. The molecule has 0 unspecified atom stereocenters. The molecule has 3 heterocycles. The maximum Gasteiger partial charge on any atom is 0.410 e. The summed E-state index contributed by atoms with van der Waals surface area (Å²) in [5, 5.41) is 9.09. The number of carbonyl (C=O) groups is 3. The fourth-order valence-corrected chi connectivity index (χ4v) is 4.84. The average molecular weight is 494 g/mol. The summed E-state index contributed by atoms with van der Waals surface area (Å²) in [6.45, 7) is 2.77. The summed E-state index contributed by atoms with van der Waals surface area (Å²) < 4.78 is 5.98. The minimum absolute atomic E-state index is 0.173. The van der Waals surface area contributed by atoms with Crippen LogP contribution in [0.25, 0.3) is 0 Å². The molecule has 2 bridgehead atoms. The van der Waals surface area contributed by atoms with Gasteiger partial charge in [-0.3, -0.25) is 4.79 Å². The van der Waals surface area contributed by atoms with Crippen molar-refractivity contribution in [1.29, 1.82) is 5.26 Å². The van der Waals surface area contributed by atoms with Crippen molar-refractivity contribution < 1.29 is 19.1 Å². The maximum absolute atomic E-state index is 13.1. The van der Waals surface area contributed by atoms with Gasteiger partial charge in [-0.25, -0.2) is 14.5 Å². The van der Waals surface area contributed by atoms with Crippen LogP contribution in [0.15, 0.2) is 18.2 Å². The van der Waals surface area contributed by atoms with Gasteiger partial charge in [0.25, 0.3) is 5.91 Å². The van der Waals surface area contributed by atoms with Crippen molar-refractivity contribution in [3.63, 3.8) is 0 Å². The minimum Gasteiger partial charge on any atom is -0.449 e. The fraction of sp³-hybridized carbons (Fsp3) is 0.474. The predicted molar refractivity (Wildman–Crippen MR) is 108 cm³/mol. The molecule has 0 saturated carbocycles. The first-order chi connectivity index (χ1) is 13.5. The van der Waals surface area contributed by atoms with Crippen LogP contribution in [0.2, 0.25) is 0 Å². The second-order valence-electron chi connectivity index (χ2n) is 7.16. The van der Waals surface area contributed by atoms with Crippen molar-refractivity contribution in [2.45, 2.75) is 44.3 Å². The van der Waals surface area contributed by atoms with Crippen molar-refractivity contribution in [3.05, 3.63) is 27.3 Å². The molecule has 0 radical (unpaired) electrons. The summed E-state index contributed by atoms with van der Waals surface area (Å²) in [4.78, 5) is 42.8. The first kappa shape index (κ1) is 19.0. The van der Waals surface area contributed by atoms with E-state index in [2.05, 4.69) is 6.07 Å². The molecule has 3 saturated heterocycles. The third kappa shape index (κ3) is 2.82. The number of anilines is 1. The lowest BCUT2D eigenvalue weighted by Crippen LogP contribution is -2.55. The topological polar surface area (TPSA) is 94.0 Å². The van der Waals surface area contributed by atoms with E-state index < -0.39 is 12.1 Å². The lowest BCUT2D eigenvalue weighted by atomic mass is 10.1. The second kappa shape index (κ2) is 7.24. The fourth-order valence-electron chi connectivity index (χ4n) is 4.23. The van der Waals surface area contributed by atoms with Gasteiger partial charge in [0.05, 0.1) is 29.9 Å². The van der Waals surface area contributed by atoms with E-state index in [0.717, 1.165) is 12.8 Å². The monoisotopic (exact) mass is 494 g/mol. The van der Waals surface area contributed by atoms with Crippen LogP contribution in [0.4, 0.5) is 15.3 Å². The Morgan fingerprint density at radius 2 is 2.18 bits per heavy atom. The van der Waals surface area contributed by atoms with Gasteiger partial charge in [-0.1, -0.05) is 13.3 Å². The zero-order valence-corrected chi connectivity index (χ0v) is 17.5. The Hall–Kier alpha value is -2.35. The number of ether oxygens (including phenoxy) is 1. The highest BCUT2D eigenvalue weighted by Crippen LogP contribution is 2.42. The van der Waals surface area contributed by atoms with Crippen LogP contribution in [-0.2, 0) is 9.53 Å². The maximum atomic E-state index is 13.1. The summed E-state index contributed by atoms with van der Waals surface area (Å²) in [5.74, 6) is -0.330. The van der Waals surface area contributed by atoms with E-state index >= 15 is 0 Å². The number of nitriles is 1. The molecule has 3 aliphatic rings. The summed E-state index contributed by atoms with van der Waals surface area (Å²) in [7, 11) is 0. The zero-order chi connectivity index (χ0) is 20.0. The number of fused-ring (bicyclic) bond motifs is 5. The Morgan fingerprint density at radius 1 is 1.39 bits per heavy atom. The van der Waals surface area contributed by atoms with E-state index in [1.54, 1.807) is 28.0 Å². The Labute approximate surface area is 176 Å². The standard InChI is InChI=1S/C19H19IN4O4/c1-2-3-6-28-19(27)22-10-13-8-15(22)16-17(25)24(18(26)23(13)16)12-5-4-11(9-21)14(20)7-12/h4-5,7,13,15-16H,2-3,6,8,10H2,1H3/t13-,15-,16+/m0/s1. The van der Waals surface area contributed by atoms with Gasteiger partial charge in [0.15, 0.2) is 0 Å². The molecule has 0 spiro atoms. The molecule has 4 rings (SSSR count). The molecule has 3 aliphatic heterocycles. The Bertz CT molecular complexity index is 898. The SMILES string of the molecule is CCCCOC(=O)N1C[C@@H]2C[C@H]1[C@@H]1C(=O)N(c3ccc(C#N)c(I)c3)C(=O)N21. The van der Waals surface area contributed by atoms with E-state index in [1.807, 2.05) is 29.5 Å². The van der Waals surface area contributed by atoms with E-state index in [0.29, 0.717) is 34.4 Å². The molecular weight excluding hydrogens is 475 g/mol. The number of urea groups is 1. The highest BCUT2D eigenvalue weighted by molar-refractivity contribution is 14.1. The van der Waals surface area contributed by atoms with Crippen LogP contribution in [-0.4, -0.2) is 59.1 Å². The quantitative estimate of drug-likeness (QED) is 0.365. The molecule has 3 fully saturated rings. The van der Waals surface area contributed by atoms with E-state index in [4.69, 9.17) is 10.00 Å². The van der Waals surface area contributed by atoms with Crippen LogP contribution < -0.4 is 4.90 Å². The number of unbranched alkanes of at least 4 members (excludes halogenated alkanes) is 1. The number of carbonyl (C=O) groups excluding carboxylic acids is 3. The average Bonchev–Trinajstić information content (AvgIpc) is 3.33. The molecular formula is C19H19IN4O4. The number of halogens is 1. The van der Waals surface area contributed by atoms with E-state index in [-0.39, 0.29) is 24.0 Å². The number of amides is 4. The largest absolute Gasteiger partial charge is 0.449 e. The normalized spacial score (nSPS) is 25.3. The molecule has 0 aromatic heterocycles.